The van der Waals surface area contributed by atoms with Crippen LogP contribution in [0.5, 0.6) is 0 Å². The topological polar surface area (TPSA) is 74.7 Å². The summed E-state index contributed by atoms with van der Waals surface area (Å²) in [5.74, 6) is -0.792. The molecule has 0 radical (unpaired) electrons. The molecule has 5 nitrogen and oxygen atoms in total. The van der Waals surface area contributed by atoms with Gasteiger partial charge < -0.3 is 5.11 Å². The van der Waals surface area contributed by atoms with Crippen LogP contribution in [0.1, 0.15) is 44.9 Å². The maximum absolute atomic E-state index is 12.2. The number of rotatable bonds is 2. The van der Waals surface area contributed by atoms with Gasteiger partial charge in [-0.25, -0.2) is 8.42 Å². The van der Waals surface area contributed by atoms with Gasteiger partial charge in [0.15, 0.2) is 0 Å². The maximum atomic E-state index is 12.2. The van der Waals surface area contributed by atoms with E-state index >= 15 is 0 Å². The Balaban J connectivity index is 2.02. The number of hydrogen-bond acceptors (Lipinski definition) is 3. The molecule has 1 saturated heterocycles. The summed E-state index contributed by atoms with van der Waals surface area (Å²) >= 11 is 0. The van der Waals surface area contributed by atoms with Crippen LogP contribution in [0.4, 0.5) is 0 Å². The number of carboxylic acids is 1. The molecule has 0 aromatic heterocycles. The number of hydrogen-bond donors (Lipinski definition) is 1. The summed E-state index contributed by atoms with van der Waals surface area (Å²) in [6, 6.07) is -0.216. The first-order chi connectivity index (χ1) is 8.47. The van der Waals surface area contributed by atoms with Gasteiger partial charge in [-0.15, -0.1) is 0 Å². The van der Waals surface area contributed by atoms with Gasteiger partial charge in [0, 0.05) is 12.1 Å². The fourth-order valence-corrected chi connectivity index (χ4v) is 5.85. The molecule has 0 unspecified atom stereocenters. The predicted octanol–water partition coefficient (Wildman–Crippen LogP) is 1.20. The van der Waals surface area contributed by atoms with Crippen molar-refractivity contribution in [2.45, 2.75) is 57.0 Å². The molecule has 1 aliphatic heterocycles. The highest BCUT2D eigenvalue weighted by atomic mass is 32.2. The third-order valence-electron chi connectivity index (χ3n) is 4.76. The Hall–Kier alpha value is -0.620. The van der Waals surface area contributed by atoms with Crippen molar-refractivity contribution < 1.29 is 18.3 Å². The molecule has 6 heteroatoms. The van der Waals surface area contributed by atoms with E-state index in [4.69, 9.17) is 0 Å². The van der Waals surface area contributed by atoms with Crippen molar-refractivity contribution in [2.75, 3.05) is 5.75 Å². The van der Waals surface area contributed by atoms with Crippen LogP contribution in [0.15, 0.2) is 0 Å². The minimum Gasteiger partial charge on any atom is -0.481 e. The first-order valence-electron chi connectivity index (χ1n) is 6.72. The molecular weight excluding hydrogens is 254 g/mol. The van der Waals surface area contributed by atoms with Crippen molar-refractivity contribution in [1.29, 1.82) is 0 Å². The minimum absolute atomic E-state index is 0.00625. The molecule has 0 spiro atoms. The van der Waals surface area contributed by atoms with Crippen LogP contribution >= 0.6 is 0 Å². The smallest absolute Gasteiger partial charge is 0.311 e. The maximum Gasteiger partial charge on any atom is 0.311 e. The summed E-state index contributed by atoms with van der Waals surface area (Å²) in [6.45, 7) is 0. The van der Waals surface area contributed by atoms with Crippen LogP contribution in [0.25, 0.3) is 0 Å². The average molecular weight is 273 g/mol. The van der Waals surface area contributed by atoms with Crippen LogP contribution in [0.3, 0.4) is 0 Å². The zero-order chi connectivity index (χ0) is 13.0. The van der Waals surface area contributed by atoms with Crippen molar-refractivity contribution in [2.24, 2.45) is 5.41 Å². The van der Waals surface area contributed by atoms with E-state index in [1.54, 1.807) is 4.31 Å². The largest absolute Gasteiger partial charge is 0.481 e. The number of sulfonamides is 1. The summed E-state index contributed by atoms with van der Waals surface area (Å²) in [6.07, 6.45) is 5.27. The summed E-state index contributed by atoms with van der Waals surface area (Å²) in [5.41, 5.74) is -0.813. The fourth-order valence-electron chi connectivity index (χ4n) is 3.66. The summed E-state index contributed by atoms with van der Waals surface area (Å²) in [4.78, 5) is 11.7. The first-order valence-corrected chi connectivity index (χ1v) is 8.33. The van der Waals surface area contributed by atoms with Crippen LogP contribution in [0.2, 0.25) is 0 Å². The normalized spacial score (nSPS) is 40.1. The van der Waals surface area contributed by atoms with Gasteiger partial charge in [0.2, 0.25) is 10.0 Å². The zero-order valence-corrected chi connectivity index (χ0v) is 11.2. The molecule has 3 aliphatic rings. The summed E-state index contributed by atoms with van der Waals surface area (Å²) < 4.78 is 26.0. The highest BCUT2D eigenvalue weighted by Crippen LogP contribution is 2.50. The minimum atomic E-state index is -3.23. The highest BCUT2D eigenvalue weighted by molar-refractivity contribution is 7.89. The van der Waals surface area contributed by atoms with E-state index in [9.17, 15) is 18.3 Å². The van der Waals surface area contributed by atoms with Gasteiger partial charge in [-0.2, -0.15) is 4.31 Å². The molecule has 1 N–H and O–H groups in total. The number of fused-ring (bicyclic) bond motifs is 1. The molecular formula is C12H19NO4S. The predicted molar refractivity (Wildman–Crippen MR) is 65.6 cm³/mol. The van der Waals surface area contributed by atoms with Crippen molar-refractivity contribution >= 4 is 16.0 Å². The third kappa shape index (κ3) is 1.69. The van der Waals surface area contributed by atoms with Crippen LogP contribution in [-0.2, 0) is 14.8 Å². The molecule has 2 saturated carbocycles. The standard InChI is InChI=1S/C12H19NO4S/c14-11(15)12-6-2-1-3-10(12)13(9-4-5-9)18(16,17)8-7-12/h9-10H,1-8H2,(H,14,15)/t10-,12-/m1/s1. The Morgan fingerprint density at radius 1 is 1.17 bits per heavy atom. The molecule has 0 aromatic carbocycles. The summed E-state index contributed by atoms with van der Waals surface area (Å²) in [5, 5.41) is 9.59. The molecule has 3 fully saturated rings. The second-order valence-corrected chi connectivity index (χ2v) is 7.84. The van der Waals surface area contributed by atoms with Gasteiger partial charge in [-0.05, 0) is 32.1 Å². The second-order valence-electron chi connectivity index (χ2n) is 5.85. The molecule has 3 rings (SSSR count). The Labute approximate surface area is 107 Å². The van der Waals surface area contributed by atoms with E-state index in [1.165, 1.54) is 0 Å². The van der Waals surface area contributed by atoms with E-state index in [0.717, 1.165) is 25.7 Å². The molecule has 1 heterocycles. The SMILES string of the molecule is O=C(O)[C@@]12CCCC[C@H]1N(C1CC1)S(=O)(=O)CC2. The lowest BCUT2D eigenvalue weighted by Gasteiger charge is -2.49. The Kier molecular flexibility index (Phi) is 2.71. The second kappa shape index (κ2) is 3.93. The molecule has 0 bridgehead atoms. The zero-order valence-electron chi connectivity index (χ0n) is 10.3. The van der Waals surface area contributed by atoms with E-state index in [0.29, 0.717) is 19.3 Å². The lowest BCUT2D eigenvalue weighted by Crippen LogP contribution is -2.61. The van der Waals surface area contributed by atoms with Crippen LogP contribution in [-0.4, -0.2) is 41.6 Å². The van der Waals surface area contributed by atoms with Gasteiger partial charge in [0.25, 0.3) is 0 Å². The highest BCUT2D eigenvalue weighted by Gasteiger charge is 2.58. The quantitative estimate of drug-likeness (QED) is 0.820. The van der Waals surface area contributed by atoms with Crippen LogP contribution in [0, 0.1) is 5.41 Å². The summed E-state index contributed by atoms with van der Waals surface area (Å²) in [7, 11) is -3.23. The molecule has 0 amide bonds. The van der Waals surface area contributed by atoms with Gasteiger partial charge in [0.1, 0.15) is 0 Å². The molecule has 0 aromatic rings. The van der Waals surface area contributed by atoms with Crippen LogP contribution < -0.4 is 0 Å². The molecule has 2 atom stereocenters. The van der Waals surface area contributed by atoms with Gasteiger partial charge in [-0.3, -0.25) is 4.79 Å². The van der Waals surface area contributed by atoms with E-state index < -0.39 is 21.4 Å². The fraction of sp³-hybridized carbons (Fsp3) is 0.917. The average Bonchev–Trinajstić information content (AvgIpc) is 3.12. The molecule has 102 valence electrons. The van der Waals surface area contributed by atoms with Crippen molar-refractivity contribution in [1.82, 2.24) is 4.31 Å². The molecule has 18 heavy (non-hydrogen) atoms. The first kappa shape index (κ1) is 12.4. The number of nitrogens with zero attached hydrogens (tertiary/aromatic N) is 1. The van der Waals surface area contributed by atoms with Gasteiger partial charge >= 0.3 is 5.97 Å². The van der Waals surface area contributed by atoms with Crippen molar-refractivity contribution in [3.8, 4) is 0 Å². The third-order valence-corrected chi connectivity index (χ3v) is 6.67. The van der Waals surface area contributed by atoms with Crippen molar-refractivity contribution in [3.05, 3.63) is 0 Å². The van der Waals surface area contributed by atoms with E-state index in [2.05, 4.69) is 0 Å². The van der Waals surface area contributed by atoms with E-state index in [-0.39, 0.29) is 17.8 Å². The number of aliphatic carboxylic acids is 1. The van der Waals surface area contributed by atoms with Gasteiger partial charge in [-0.1, -0.05) is 12.8 Å². The Morgan fingerprint density at radius 3 is 2.50 bits per heavy atom. The monoisotopic (exact) mass is 273 g/mol. The lowest BCUT2D eigenvalue weighted by molar-refractivity contribution is -0.156. The Morgan fingerprint density at radius 2 is 1.89 bits per heavy atom. The van der Waals surface area contributed by atoms with Crippen molar-refractivity contribution in [3.63, 3.8) is 0 Å². The molecule has 2 aliphatic carbocycles. The lowest BCUT2D eigenvalue weighted by atomic mass is 9.68. The number of carbonyl (C=O) groups is 1. The number of carboxylic acid groups (broad SMARTS) is 1. The van der Waals surface area contributed by atoms with Gasteiger partial charge in [0.05, 0.1) is 11.2 Å². The van der Waals surface area contributed by atoms with E-state index in [1.807, 2.05) is 0 Å². The Bertz CT molecular complexity index is 470.